The first-order chi connectivity index (χ1) is 18.7. The minimum absolute atomic E-state index is 0.0693. The molecular weight excluding hydrogens is 562 g/mol. The minimum Gasteiger partial charge on any atom is -0.480 e. The van der Waals surface area contributed by atoms with Gasteiger partial charge in [0.1, 0.15) is 23.5 Å². The Bertz CT molecular complexity index is 1290. The summed E-state index contributed by atoms with van der Waals surface area (Å²) in [5.41, 5.74) is 0.278. The van der Waals surface area contributed by atoms with Gasteiger partial charge in [0.05, 0.1) is 11.8 Å². The van der Waals surface area contributed by atoms with Crippen LogP contribution in [0.25, 0.3) is 0 Å². The van der Waals surface area contributed by atoms with Crippen LogP contribution < -0.4 is 5.32 Å². The standard InChI is InChI=1S/C26H29N3O9S2/c1-25(2)17(28-13(30)10-14(28)39-25)23(35)37-11-38-24(36)18-26(3,4)40-21-16(20(32)29(18)21)27-19(31)15(22(33)34)12-8-6-5-7-9-12/h5-9,14-18,21H,10-11H2,1-4H3,(H,27,31)(H,33,34)/t14-,15?,16-,17+,18+,21-/m1/s1. The van der Waals surface area contributed by atoms with Crippen molar-refractivity contribution in [1.29, 1.82) is 0 Å². The van der Waals surface area contributed by atoms with Crippen LogP contribution in [0.4, 0.5) is 0 Å². The summed E-state index contributed by atoms with van der Waals surface area (Å²) in [6.07, 6.45) is 0.372. The molecule has 4 saturated heterocycles. The highest BCUT2D eigenvalue weighted by Crippen LogP contribution is 2.52. The van der Waals surface area contributed by atoms with E-state index in [0.29, 0.717) is 6.42 Å². The van der Waals surface area contributed by atoms with Gasteiger partial charge < -0.3 is 29.7 Å². The zero-order chi connectivity index (χ0) is 29.1. The molecule has 214 valence electrons. The Morgan fingerprint density at radius 3 is 2.12 bits per heavy atom. The molecule has 0 spiro atoms. The fourth-order valence-electron chi connectivity index (χ4n) is 5.68. The number of aliphatic carboxylic acids is 1. The van der Waals surface area contributed by atoms with Crippen molar-refractivity contribution < 1.29 is 43.3 Å². The van der Waals surface area contributed by atoms with Crippen molar-refractivity contribution in [2.45, 2.75) is 78.4 Å². The van der Waals surface area contributed by atoms with Gasteiger partial charge in [-0.2, -0.15) is 0 Å². The van der Waals surface area contributed by atoms with E-state index in [1.807, 2.05) is 13.8 Å². The molecule has 0 radical (unpaired) electrons. The topological polar surface area (TPSA) is 160 Å². The zero-order valence-corrected chi connectivity index (χ0v) is 23.8. The highest BCUT2D eigenvalue weighted by molar-refractivity contribution is 8.02. The van der Waals surface area contributed by atoms with Gasteiger partial charge in [-0.25, -0.2) is 9.59 Å². The number of nitrogens with one attached hydrogen (secondary N) is 1. The van der Waals surface area contributed by atoms with E-state index in [9.17, 15) is 33.9 Å². The van der Waals surface area contributed by atoms with Gasteiger partial charge in [0.2, 0.25) is 24.5 Å². The molecule has 4 fully saturated rings. The lowest BCUT2D eigenvalue weighted by molar-refractivity contribution is -0.181. The number of benzene rings is 1. The summed E-state index contributed by atoms with van der Waals surface area (Å²) in [5.74, 6) is -5.80. The number of carbonyl (C=O) groups is 6. The number of carboxylic acid groups (broad SMARTS) is 1. The maximum Gasteiger partial charge on any atom is 0.333 e. The average Bonchev–Trinajstić information content (AvgIpc) is 3.26. The second kappa shape index (κ2) is 9.98. The quantitative estimate of drug-likeness (QED) is 0.191. The van der Waals surface area contributed by atoms with E-state index in [-0.39, 0.29) is 16.8 Å². The van der Waals surface area contributed by atoms with Crippen LogP contribution >= 0.6 is 23.5 Å². The van der Waals surface area contributed by atoms with Crippen molar-refractivity contribution in [3.63, 3.8) is 0 Å². The fraction of sp³-hybridized carbons (Fsp3) is 0.538. The number of hydrogen-bond acceptors (Lipinski definition) is 10. The second-order valence-electron chi connectivity index (χ2n) is 11.1. The predicted octanol–water partition coefficient (Wildman–Crippen LogP) is 0.898. The van der Waals surface area contributed by atoms with Gasteiger partial charge in [-0.15, -0.1) is 23.5 Å². The molecule has 5 rings (SSSR count). The average molecular weight is 592 g/mol. The molecule has 0 aliphatic carbocycles. The number of esters is 2. The number of nitrogens with zero attached hydrogens (tertiary/aromatic N) is 2. The number of ether oxygens (including phenoxy) is 2. The Labute approximate surface area is 238 Å². The maximum atomic E-state index is 13.1. The molecular formula is C26H29N3O9S2. The monoisotopic (exact) mass is 591 g/mol. The SMILES string of the molecule is CC1(C)S[C@@H]2[C@H](NC(=O)C(C(=O)O)c3ccccc3)C(=O)N2[C@H]1C(=O)OCOC(=O)[C@@H]1N2C(=O)C[C@H]2SC1(C)C. The van der Waals surface area contributed by atoms with E-state index in [0.717, 1.165) is 0 Å². The number of β-lactam (4-membered cyclic amide) rings is 2. The van der Waals surface area contributed by atoms with Crippen molar-refractivity contribution in [2.75, 3.05) is 6.79 Å². The fourth-order valence-corrected chi connectivity index (χ4v) is 8.92. The van der Waals surface area contributed by atoms with Crippen molar-refractivity contribution in [2.24, 2.45) is 0 Å². The molecule has 4 aliphatic rings. The van der Waals surface area contributed by atoms with Gasteiger partial charge in [0.15, 0.2) is 5.92 Å². The van der Waals surface area contributed by atoms with Crippen LogP contribution in [0.3, 0.4) is 0 Å². The molecule has 0 bridgehead atoms. The molecule has 14 heteroatoms. The third-order valence-corrected chi connectivity index (χ3v) is 10.6. The molecule has 2 N–H and O–H groups in total. The molecule has 3 amide bonds. The van der Waals surface area contributed by atoms with Crippen LogP contribution in [0.1, 0.15) is 45.6 Å². The first-order valence-corrected chi connectivity index (χ1v) is 14.4. The number of fused-ring (bicyclic) bond motifs is 2. The molecule has 12 nitrogen and oxygen atoms in total. The molecule has 1 aromatic rings. The third-order valence-electron chi connectivity index (χ3n) is 7.55. The van der Waals surface area contributed by atoms with Crippen LogP contribution in [0.15, 0.2) is 30.3 Å². The smallest absolute Gasteiger partial charge is 0.333 e. The van der Waals surface area contributed by atoms with Gasteiger partial charge in [-0.3, -0.25) is 19.2 Å². The zero-order valence-electron chi connectivity index (χ0n) is 22.2. The molecule has 4 aliphatic heterocycles. The van der Waals surface area contributed by atoms with E-state index in [2.05, 4.69) is 5.32 Å². The molecule has 4 heterocycles. The summed E-state index contributed by atoms with van der Waals surface area (Å²) in [7, 11) is 0. The lowest BCUT2D eigenvalue weighted by atomic mass is 9.94. The maximum absolute atomic E-state index is 13.1. The summed E-state index contributed by atoms with van der Waals surface area (Å²) in [5, 5.41) is 11.5. The number of carboxylic acids is 1. The molecule has 0 aromatic heterocycles. The molecule has 6 atom stereocenters. The summed E-state index contributed by atoms with van der Waals surface area (Å²) >= 11 is 2.80. The number of amides is 3. The predicted molar refractivity (Wildman–Crippen MR) is 143 cm³/mol. The minimum atomic E-state index is -1.50. The van der Waals surface area contributed by atoms with Crippen LogP contribution in [0.2, 0.25) is 0 Å². The van der Waals surface area contributed by atoms with Crippen molar-refractivity contribution in [3.05, 3.63) is 35.9 Å². The summed E-state index contributed by atoms with van der Waals surface area (Å²) in [4.78, 5) is 78.4. The van der Waals surface area contributed by atoms with E-state index in [1.165, 1.54) is 45.5 Å². The van der Waals surface area contributed by atoms with Crippen LogP contribution in [-0.2, 0) is 38.2 Å². The number of thioether (sulfide) groups is 2. The highest BCUT2D eigenvalue weighted by atomic mass is 32.2. The lowest BCUT2D eigenvalue weighted by Gasteiger charge is -2.44. The van der Waals surface area contributed by atoms with Crippen molar-refractivity contribution >= 4 is 59.2 Å². The molecule has 1 unspecified atom stereocenters. The third kappa shape index (κ3) is 4.60. The Kier molecular flexibility index (Phi) is 7.06. The van der Waals surface area contributed by atoms with E-state index in [4.69, 9.17) is 9.47 Å². The Hall–Kier alpha value is -3.26. The van der Waals surface area contributed by atoms with Crippen molar-refractivity contribution in [3.8, 4) is 0 Å². The second-order valence-corrected chi connectivity index (χ2v) is 14.7. The number of hydrogen-bond donors (Lipinski definition) is 2. The molecule has 40 heavy (non-hydrogen) atoms. The van der Waals surface area contributed by atoms with Gasteiger partial charge in [0, 0.05) is 9.49 Å². The van der Waals surface area contributed by atoms with Crippen LogP contribution in [0.5, 0.6) is 0 Å². The lowest BCUT2D eigenvalue weighted by Crippen LogP contribution is -2.71. The van der Waals surface area contributed by atoms with E-state index in [1.54, 1.807) is 32.0 Å². The number of rotatable bonds is 8. The first-order valence-electron chi connectivity index (χ1n) is 12.6. The van der Waals surface area contributed by atoms with Crippen molar-refractivity contribution in [1.82, 2.24) is 15.1 Å². The normalized spacial score (nSPS) is 29.9. The summed E-state index contributed by atoms with van der Waals surface area (Å²) < 4.78 is 9.10. The Morgan fingerprint density at radius 2 is 1.55 bits per heavy atom. The molecule has 1 aromatic carbocycles. The van der Waals surface area contributed by atoms with E-state index < -0.39 is 75.4 Å². The highest BCUT2D eigenvalue weighted by Gasteiger charge is 2.65. The Balaban J connectivity index is 1.19. The number of carbonyl (C=O) groups excluding carboxylic acids is 5. The van der Waals surface area contributed by atoms with Gasteiger partial charge in [-0.05, 0) is 33.3 Å². The van der Waals surface area contributed by atoms with Gasteiger partial charge in [-0.1, -0.05) is 30.3 Å². The van der Waals surface area contributed by atoms with Crippen LogP contribution in [-0.4, -0.2) is 95.7 Å². The first kappa shape index (κ1) is 28.3. The van der Waals surface area contributed by atoms with Gasteiger partial charge >= 0.3 is 17.9 Å². The van der Waals surface area contributed by atoms with Crippen LogP contribution in [0, 0.1) is 0 Å². The largest absolute Gasteiger partial charge is 0.480 e. The summed E-state index contributed by atoms with van der Waals surface area (Å²) in [6, 6.07) is 5.14. The Morgan fingerprint density at radius 1 is 0.975 bits per heavy atom. The van der Waals surface area contributed by atoms with Gasteiger partial charge in [0.25, 0.3) is 0 Å². The molecule has 0 saturated carbocycles. The summed E-state index contributed by atoms with van der Waals surface area (Å²) in [6.45, 7) is 6.52. The van der Waals surface area contributed by atoms with E-state index >= 15 is 0 Å².